The highest BCUT2D eigenvalue weighted by Crippen LogP contribution is 2.30. The van der Waals surface area contributed by atoms with Gasteiger partial charge >= 0.3 is 0 Å². The lowest BCUT2D eigenvalue weighted by atomic mass is 10.2. The Balaban J connectivity index is 2.04. The maximum absolute atomic E-state index is 11.5. The number of carbonyl (C=O) groups is 1. The number of carbonyl (C=O) groups excluding carboxylic acids is 1. The summed E-state index contributed by atoms with van der Waals surface area (Å²) in [7, 11) is 0. The molecule has 0 spiro atoms. The molecule has 0 radical (unpaired) electrons. The summed E-state index contributed by atoms with van der Waals surface area (Å²) in [5.74, 6) is -0.0313. The third kappa shape index (κ3) is 2.94. The lowest BCUT2D eigenvalue weighted by Gasteiger charge is -2.08. The molecule has 0 unspecified atom stereocenters. The highest BCUT2D eigenvalue weighted by molar-refractivity contribution is 8.16. The van der Waals surface area contributed by atoms with Gasteiger partial charge < -0.3 is 5.32 Å². The molecule has 0 saturated carbocycles. The number of hydrogen-bond acceptors (Lipinski definition) is 4. The van der Waals surface area contributed by atoms with Gasteiger partial charge in [-0.2, -0.15) is 5.10 Å². The summed E-state index contributed by atoms with van der Waals surface area (Å²) < 4.78 is -0.457. The van der Waals surface area contributed by atoms with Crippen molar-refractivity contribution in [1.82, 2.24) is 5.32 Å². The molecule has 1 saturated heterocycles. The molecule has 1 N–H and O–H groups in total. The molecule has 0 bridgehead atoms. The molecule has 4 nitrogen and oxygen atoms in total. The van der Waals surface area contributed by atoms with Gasteiger partial charge in [0.15, 0.2) is 5.17 Å². The van der Waals surface area contributed by atoms with Crippen molar-refractivity contribution in [3.8, 4) is 0 Å². The molecular formula is C12H13N3OS. The molecule has 17 heavy (non-hydrogen) atoms. The zero-order valence-electron chi connectivity index (χ0n) is 9.68. The molecule has 2 rings (SSSR count). The van der Waals surface area contributed by atoms with E-state index in [1.54, 1.807) is 6.21 Å². The van der Waals surface area contributed by atoms with Crippen LogP contribution in [0.15, 0.2) is 40.5 Å². The SMILES string of the molecule is CC1(C)SC(=NN=Cc2ccccc2)NC1=O. The predicted molar refractivity (Wildman–Crippen MR) is 71.3 cm³/mol. The van der Waals surface area contributed by atoms with E-state index in [9.17, 15) is 4.79 Å². The van der Waals surface area contributed by atoms with E-state index in [-0.39, 0.29) is 5.91 Å². The van der Waals surface area contributed by atoms with Crippen molar-refractivity contribution in [2.75, 3.05) is 0 Å². The van der Waals surface area contributed by atoms with Gasteiger partial charge in [0.1, 0.15) is 0 Å². The van der Waals surface area contributed by atoms with E-state index in [0.717, 1.165) is 5.56 Å². The van der Waals surface area contributed by atoms with E-state index in [2.05, 4.69) is 15.5 Å². The number of thioether (sulfide) groups is 1. The van der Waals surface area contributed by atoms with Gasteiger partial charge in [-0.05, 0) is 19.4 Å². The van der Waals surface area contributed by atoms with E-state index >= 15 is 0 Å². The Morgan fingerprint density at radius 3 is 2.59 bits per heavy atom. The predicted octanol–water partition coefficient (Wildman–Crippen LogP) is 2.02. The third-order valence-corrected chi connectivity index (χ3v) is 3.35. The van der Waals surface area contributed by atoms with Gasteiger partial charge in [0, 0.05) is 0 Å². The van der Waals surface area contributed by atoms with Gasteiger partial charge in [0.25, 0.3) is 0 Å². The zero-order valence-corrected chi connectivity index (χ0v) is 10.5. The summed E-state index contributed by atoms with van der Waals surface area (Å²) in [6.45, 7) is 3.72. The van der Waals surface area contributed by atoms with Crippen LogP contribution in [-0.2, 0) is 4.79 Å². The molecular weight excluding hydrogens is 234 g/mol. The lowest BCUT2D eigenvalue weighted by Crippen LogP contribution is -2.30. The first-order valence-corrected chi connectivity index (χ1v) is 6.06. The minimum Gasteiger partial charge on any atom is -0.302 e. The summed E-state index contributed by atoms with van der Waals surface area (Å²) in [5.41, 5.74) is 0.977. The van der Waals surface area contributed by atoms with Crippen LogP contribution in [0.3, 0.4) is 0 Å². The molecule has 1 aromatic carbocycles. The van der Waals surface area contributed by atoms with E-state index < -0.39 is 4.75 Å². The van der Waals surface area contributed by atoms with Crippen molar-refractivity contribution in [2.45, 2.75) is 18.6 Å². The van der Waals surface area contributed by atoms with Crippen molar-refractivity contribution in [2.24, 2.45) is 10.2 Å². The van der Waals surface area contributed by atoms with Crippen molar-refractivity contribution in [3.63, 3.8) is 0 Å². The van der Waals surface area contributed by atoms with Crippen LogP contribution in [0.25, 0.3) is 0 Å². The van der Waals surface area contributed by atoms with Crippen LogP contribution in [0.4, 0.5) is 0 Å². The summed E-state index contributed by atoms with van der Waals surface area (Å²) in [6, 6.07) is 9.69. The monoisotopic (exact) mass is 247 g/mol. The van der Waals surface area contributed by atoms with Crippen LogP contribution >= 0.6 is 11.8 Å². The molecule has 0 aliphatic carbocycles. The Bertz CT molecular complexity index is 480. The first kappa shape index (κ1) is 11.9. The van der Waals surface area contributed by atoms with Crippen LogP contribution in [0.2, 0.25) is 0 Å². The molecule has 1 heterocycles. The molecule has 1 aliphatic heterocycles. The standard InChI is InChI=1S/C12H13N3OS/c1-12(2)10(16)14-11(17-12)15-13-8-9-6-4-3-5-7-9/h3-8H,1-2H3,(H,14,15,16). The highest BCUT2D eigenvalue weighted by atomic mass is 32.2. The number of amidine groups is 1. The topological polar surface area (TPSA) is 53.8 Å². The van der Waals surface area contributed by atoms with Crippen LogP contribution in [-0.4, -0.2) is 22.0 Å². The average molecular weight is 247 g/mol. The minimum atomic E-state index is -0.457. The van der Waals surface area contributed by atoms with Crippen LogP contribution in [0.5, 0.6) is 0 Å². The number of nitrogens with one attached hydrogen (secondary N) is 1. The second-order valence-electron chi connectivity index (χ2n) is 4.13. The van der Waals surface area contributed by atoms with Gasteiger partial charge in [0.05, 0.1) is 11.0 Å². The van der Waals surface area contributed by atoms with Crippen molar-refractivity contribution in [3.05, 3.63) is 35.9 Å². The summed E-state index contributed by atoms with van der Waals surface area (Å²) in [6.07, 6.45) is 1.66. The number of rotatable bonds is 2. The molecule has 5 heteroatoms. The van der Waals surface area contributed by atoms with Gasteiger partial charge in [0.2, 0.25) is 5.91 Å². The highest BCUT2D eigenvalue weighted by Gasteiger charge is 2.38. The average Bonchev–Trinajstić information content (AvgIpc) is 2.54. The Labute approximate surface area is 104 Å². The number of nitrogens with zero attached hydrogens (tertiary/aromatic N) is 2. The van der Waals surface area contributed by atoms with Gasteiger partial charge in [-0.3, -0.25) is 4.79 Å². The molecule has 88 valence electrons. The van der Waals surface area contributed by atoms with E-state index in [0.29, 0.717) is 5.17 Å². The summed E-state index contributed by atoms with van der Waals surface area (Å²) in [5, 5.41) is 11.2. The van der Waals surface area contributed by atoms with E-state index in [1.807, 2.05) is 44.2 Å². The molecule has 1 aromatic rings. The Kier molecular flexibility index (Phi) is 3.28. The minimum absolute atomic E-state index is 0.0313. The molecule has 0 atom stereocenters. The second-order valence-corrected chi connectivity index (χ2v) is 5.74. The molecule has 1 fully saturated rings. The number of benzene rings is 1. The normalized spacial score (nSPS) is 21.1. The van der Waals surface area contributed by atoms with Crippen molar-refractivity contribution in [1.29, 1.82) is 0 Å². The Hall–Kier alpha value is -1.62. The zero-order chi connectivity index (χ0) is 12.3. The lowest BCUT2D eigenvalue weighted by molar-refractivity contribution is -0.120. The van der Waals surface area contributed by atoms with Crippen LogP contribution in [0.1, 0.15) is 19.4 Å². The Morgan fingerprint density at radius 1 is 1.29 bits per heavy atom. The van der Waals surface area contributed by atoms with Crippen molar-refractivity contribution >= 4 is 29.1 Å². The quantitative estimate of drug-likeness (QED) is 0.642. The number of hydrogen-bond donors (Lipinski definition) is 1. The molecule has 1 aliphatic rings. The van der Waals surface area contributed by atoms with E-state index in [1.165, 1.54) is 11.8 Å². The Morgan fingerprint density at radius 2 is 2.00 bits per heavy atom. The van der Waals surface area contributed by atoms with Crippen molar-refractivity contribution < 1.29 is 4.79 Å². The smallest absolute Gasteiger partial charge is 0.242 e. The number of amides is 1. The van der Waals surface area contributed by atoms with Gasteiger partial charge in [-0.25, -0.2) is 0 Å². The fraction of sp³-hybridized carbons (Fsp3) is 0.250. The fourth-order valence-electron chi connectivity index (χ4n) is 1.29. The van der Waals surface area contributed by atoms with Crippen LogP contribution in [0, 0.1) is 0 Å². The van der Waals surface area contributed by atoms with E-state index in [4.69, 9.17) is 0 Å². The largest absolute Gasteiger partial charge is 0.302 e. The third-order valence-electron chi connectivity index (χ3n) is 2.27. The van der Waals surface area contributed by atoms with Gasteiger partial charge in [-0.15, -0.1) is 5.10 Å². The first-order chi connectivity index (χ1) is 8.08. The maximum atomic E-state index is 11.5. The second kappa shape index (κ2) is 4.71. The molecule has 0 aromatic heterocycles. The van der Waals surface area contributed by atoms with Gasteiger partial charge in [-0.1, -0.05) is 42.1 Å². The van der Waals surface area contributed by atoms with Crippen LogP contribution < -0.4 is 5.32 Å². The fourth-order valence-corrected chi connectivity index (χ4v) is 2.15. The molecule has 1 amide bonds. The first-order valence-electron chi connectivity index (χ1n) is 5.24. The maximum Gasteiger partial charge on any atom is 0.242 e. The summed E-state index contributed by atoms with van der Waals surface area (Å²) in [4.78, 5) is 11.5. The summed E-state index contributed by atoms with van der Waals surface area (Å²) >= 11 is 1.39.